The number of hydrogen-bond acceptors (Lipinski definition) is 4. The monoisotopic (exact) mass is 468 g/mol. The van der Waals surface area contributed by atoms with Crippen molar-refractivity contribution in [2.45, 2.75) is 61.0 Å². The molecule has 4 aliphatic carbocycles. The first-order valence-corrected chi connectivity index (χ1v) is 14.1. The minimum absolute atomic E-state index is 0.0261. The van der Waals surface area contributed by atoms with Crippen LogP contribution >= 0.6 is 11.6 Å². The van der Waals surface area contributed by atoms with Crippen LogP contribution in [0.25, 0.3) is 0 Å². The van der Waals surface area contributed by atoms with E-state index in [0.717, 1.165) is 25.7 Å². The summed E-state index contributed by atoms with van der Waals surface area (Å²) in [5.41, 5.74) is -0.442. The number of sulfone groups is 1. The summed E-state index contributed by atoms with van der Waals surface area (Å²) in [6.45, 7) is 4.39. The Hall–Kier alpha value is -0.690. The maximum atomic E-state index is 13.8. The smallest absolute Gasteiger partial charge is 0.183 e. The van der Waals surface area contributed by atoms with Gasteiger partial charge in [-0.15, -0.1) is 0 Å². The highest BCUT2D eigenvalue weighted by Gasteiger charge is 2.65. The summed E-state index contributed by atoms with van der Waals surface area (Å²) in [7, 11) is -4.97. The number of hydrogen-bond donors (Lipinski definition) is 1. The molecule has 4 bridgehead atoms. The van der Waals surface area contributed by atoms with Gasteiger partial charge >= 0.3 is 0 Å². The molecule has 0 aromatic heterocycles. The third-order valence-electron chi connectivity index (χ3n) is 8.91. The molecule has 1 unspecified atom stereocenters. The zero-order valence-corrected chi connectivity index (χ0v) is 19.7. The van der Waals surface area contributed by atoms with E-state index in [1.165, 1.54) is 0 Å². The molecule has 4 nitrogen and oxygen atoms in total. The van der Waals surface area contributed by atoms with Crippen molar-refractivity contribution in [1.82, 2.24) is 0 Å². The van der Waals surface area contributed by atoms with Gasteiger partial charge in [0.1, 0.15) is 0 Å². The second-order valence-corrected chi connectivity index (χ2v) is 14.4. The fourth-order valence-electron chi connectivity index (χ4n) is 6.99. The van der Waals surface area contributed by atoms with Crippen LogP contribution in [-0.2, 0) is 20.6 Å². The second-order valence-electron chi connectivity index (χ2n) is 10.3. The van der Waals surface area contributed by atoms with Crippen molar-refractivity contribution in [1.29, 1.82) is 0 Å². The van der Waals surface area contributed by atoms with Crippen molar-refractivity contribution in [2.24, 2.45) is 28.6 Å². The highest BCUT2D eigenvalue weighted by Crippen LogP contribution is 2.66. The highest BCUT2D eigenvalue weighted by atomic mass is 35.5. The van der Waals surface area contributed by atoms with Crippen LogP contribution < -0.4 is 0 Å². The average Bonchev–Trinajstić information content (AvgIpc) is 3.40. The molecule has 30 heavy (non-hydrogen) atoms. The Balaban J connectivity index is 1.48. The lowest BCUT2D eigenvalue weighted by molar-refractivity contribution is 0.0159. The molecule has 0 radical (unpaired) electrons. The predicted molar refractivity (Wildman–Crippen MR) is 120 cm³/mol. The summed E-state index contributed by atoms with van der Waals surface area (Å²) in [5.74, 6) is 0.780. The van der Waals surface area contributed by atoms with E-state index in [4.69, 9.17) is 11.6 Å². The van der Waals surface area contributed by atoms with E-state index in [2.05, 4.69) is 19.9 Å². The Labute approximate surface area is 186 Å². The molecule has 3 fully saturated rings. The lowest BCUT2D eigenvalue weighted by Crippen LogP contribution is -2.48. The topological polar surface area (TPSA) is 71.4 Å². The van der Waals surface area contributed by atoms with Gasteiger partial charge in [0.25, 0.3) is 0 Å². The number of allylic oxidation sites excluding steroid dienone is 2. The van der Waals surface area contributed by atoms with Gasteiger partial charge in [-0.2, -0.15) is 0 Å². The molecule has 8 atom stereocenters. The Morgan fingerprint density at radius 2 is 1.80 bits per heavy atom. The van der Waals surface area contributed by atoms with Crippen molar-refractivity contribution in [3.05, 3.63) is 41.4 Å². The zero-order valence-electron chi connectivity index (χ0n) is 17.3. The van der Waals surface area contributed by atoms with Gasteiger partial charge in [0.2, 0.25) is 0 Å². The van der Waals surface area contributed by atoms with Crippen LogP contribution in [0.2, 0.25) is 5.02 Å². The van der Waals surface area contributed by atoms with E-state index < -0.39 is 37.2 Å². The van der Waals surface area contributed by atoms with Crippen molar-refractivity contribution >= 4 is 32.2 Å². The summed E-state index contributed by atoms with van der Waals surface area (Å²) >= 11 is 5.96. The van der Waals surface area contributed by atoms with E-state index in [1.807, 2.05) is 6.08 Å². The summed E-state index contributed by atoms with van der Waals surface area (Å²) in [6, 6.07) is 6.30. The number of aliphatic hydroxyl groups is 1. The Morgan fingerprint density at radius 1 is 1.13 bits per heavy atom. The molecule has 7 heteroatoms. The molecule has 1 aromatic rings. The van der Waals surface area contributed by atoms with Gasteiger partial charge in [-0.1, -0.05) is 37.6 Å². The molecule has 4 aliphatic rings. The Morgan fingerprint density at radius 3 is 2.40 bits per heavy atom. The van der Waals surface area contributed by atoms with Crippen LogP contribution in [-0.4, -0.2) is 40.1 Å². The van der Waals surface area contributed by atoms with E-state index in [9.17, 15) is 17.7 Å². The summed E-state index contributed by atoms with van der Waals surface area (Å²) in [5, 5.41) is 10.3. The Bertz CT molecular complexity index is 1020. The standard InChI is InChI=1S/C23H29ClO4S2/c1-22(2)16-9-10-23(22,19(25)12-16)13-29(26)20-14-3-4-15(11-14)21(20)30(27,28)18-7-5-17(24)6-8-18/h3-8,14-16,19-21,25H,9-13H2,1-2H3/t14-,15+,16-,19-,20-,21+,23-,29?/m1/s1. The summed E-state index contributed by atoms with van der Waals surface area (Å²) in [6.07, 6.45) is 7.06. The number of halogens is 1. The SMILES string of the molecule is CC1(C)[C@@H]2CC[C@@]1(CS(=O)[C@H]1[C@@H](S(=O)(=O)c3ccc(Cl)cc3)[C@H]3C=C[C@@H]1C3)[C@H](O)C2. The maximum Gasteiger partial charge on any atom is 0.183 e. The van der Waals surface area contributed by atoms with Crippen LogP contribution in [0.3, 0.4) is 0 Å². The lowest BCUT2D eigenvalue weighted by atomic mass is 9.70. The van der Waals surface area contributed by atoms with Crippen LogP contribution in [0.15, 0.2) is 41.3 Å². The molecule has 0 saturated heterocycles. The minimum Gasteiger partial charge on any atom is -0.392 e. The van der Waals surface area contributed by atoms with Crippen LogP contribution in [0.1, 0.15) is 39.5 Å². The normalized spacial score (nSPS) is 42.1. The van der Waals surface area contributed by atoms with Gasteiger partial charge in [-0.25, -0.2) is 8.42 Å². The maximum absolute atomic E-state index is 13.8. The first-order valence-electron chi connectivity index (χ1n) is 10.8. The molecule has 1 N–H and O–H groups in total. The zero-order chi connectivity index (χ0) is 21.5. The minimum atomic E-state index is -3.64. The summed E-state index contributed by atoms with van der Waals surface area (Å²) < 4.78 is 41.0. The van der Waals surface area contributed by atoms with E-state index in [-0.39, 0.29) is 27.6 Å². The summed E-state index contributed by atoms with van der Waals surface area (Å²) in [4.78, 5) is 0.250. The van der Waals surface area contributed by atoms with E-state index in [0.29, 0.717) is 16.7 Å². The number of rotatable bonds is 5. The molecule has 1 aromatic carbocycles. The molecule has 5 rings (SSSR count). The van der Waals surface area contributed by atoms with Crippen LogP contribution in [0.5, 0.6) is 0 Å². The van der Waals surface area contributed by atoms with Gasteiger partial charge in [0.15, 0.2) is 9.84 Å². The molecule has 0 spiro atoms. The van der Waals surface area contributed by atoms with Crippen molar-refractivity contribution in [3.63, 3.8) is 0 Å². The van der Waals surface area contributed by atoms with Gasteiger partial charge in [0.05, 0.1) is 21.5 Å². The lowest BCUT2D eigenvalue weighted by Gasteiger charge is -2.41. The van der Waals surface area contributed by atoms with Crippen molar-refractivity contribution < 1.29 is 17.7 Å². The van der Waals surface area contributed by atoms with Gasteiger partial charge in [-0.3, -0.25) is 4.21 Å². The van der Waals surface area contributed by atoms with E-state index in [1.54, 1.807) is 24.3 Å². The number of benzene rings is 1. The molecular weight excluding hydrogens is 440 g/mol. The van der Waals surface area contributed by atoms with Crippen molar-refractivity contribution in [3.8, 4) is 0 Å². The molecular formula is C23H29ClO4S2. The molecule has 0 amide bonds. The third-order valence-corrected chi connectivity index (χ3v) is 13.7. The fraction of sp³-hybridized carbons (Fsp3) is 0.652. The fourth-order valence-corrected chi connectivity index (χ4v) is 12.5. The highest BCUT2D eigenvalue weighted by molar-refractivity contribution is 7.94. The first-order chi connectivity index (χ1) is 14.1. The van der Waals surface area contributed by atoms with E-state index >= 15 is 0 Å². The molecule has 164 valence electrons. The molecule has 0 aliphatic heterocycles. The van der Waals surface area contributed by atoms with Gasteiger partial charge < -0.3 is 5.11 Å². The van der Waals surface area contributed by atoms with Crippen molar-refractivity contribution in [2.75, 3.05) is 5.75 Å². The quantitative estimate of drug-likeness (QED) is 0.663. The number of aliphatic hydroxyl groups excluding tert-OH is 1. The molecule has 0 heterocycles. The average molecular weight is 469 g/mol. The number of fused-ring (bicyclic) bond motifs is 4. The Kier molecular flexibility index (Phi) is 4.87. The van der Waals surface area contributed by atoms with Crippen LogP contribution in [0.4, 0.5) is 0 Å². The predicted octanol–water partition coefficient (Wildman–Crippen LogP) is 3.99. The van der Waals surface area contributed by atoms with Gasteiger partial charge in [-0.05, 0) is 73.1 Å². The third kappa shape index (κ3) is 2.79. The molecule has 3 saturated carbocycles. The van der Waals surface area contributed by atoms with Gasteiger partial charge in [0, 0.05) is 27.0 Å². The first kappa shape index (κ1) is 21.2. The van der Waals surface area contributed by atoms with Crippen LogP contribution in [0, 0.1) is 28.6 Å². The second kappa shape index (κ2) is 6.90. The largest absolute Gasteiger partial charge is 0.392 e.